The lowest BCUT2D eigenvalue weighted by atomic mass is 9.53. The fourth-order valence-corrected chi connectivity index (χ4v) is 3.06. The Morgan fingerprint density at radius 1 is 0.600 bits per heavy atom. The van der Waals surface area contributed by atoms with Crippen LogP contribution in [0.15, 0.2) is 10.9 Å². The smallest absolute Gasteiger partial charge is 0.406 e. The van der Waals surface area contributed by atoms with E-state index < -0.39 is 14.2 Å². The van der Waals surface area contributed by atoms with Crippen LogP contribution in [-0.4, -0.2) is 38.7 Å². The minimum Gasteiger partial charge on any atom is -0.406 e. The van der Waals surface area contributed by atoms with Crippen LogP contribution in [-0.2, 0) is 18.6 Å². The van der Waals surface area contributed by atoms with Crippen molar-refractivity contribution in [3.63, 3.8) is 0 Å². The Bertz CT molecular complexity index is 354. The molecule has 0 bridgehead atoms. The van der Waals surface area contributed by atoms with Gasteiger partial charge in [-0.2, -0.15) is 0 Å². The molecule has 0 amide bonds. The van der Waals surface area contributed by atoms with E-state index in [4.69, 9.17) is 18.6 Å². The Morgan fingerprint density at radius 3 is 1.20 bits per heavy atom. The molecule has 0 unspecified atom stereocenters. The van der Waals surface area contributed by atoms with Crippen molar-refractivity contribution in [2.45, 2.75) is 112 Å². The first-order valence-electron chi connectivity index (χ1n) is 10.0. The predicted molar refractivity (Wildman–Crippen MR) is 107 cm³/mol. The first-order valence-corrected chi connectivity index (χ1v) is 10.0. The van der Waals surface area contributed by atoms with Gasteiger partial charge in [-0.1, -0.05) is 12.0 Å². The van der Waals surface area contributed by atoms with E-state index in [2.05, 4.69) is 0 Å². The zero-order chi connectivity index (χ0) is 19.0. The van der Waals surface area contributed by atoms with Gasteiger partial charge in [0.05, 0.1) is 0 Å². The molecule has 0 spiro atoms. The van der Waals surface area contributed by atoms with Gasteiger partial charge in [-0.15, -0.1) is 0 Å². The fraction of sp³-hybridized carbons (Fsp3) is 0.895. The molecule has 0 aromatic carbocycles. The molecule has 6 heteroatoms. The fourth-order valence-electron chi connectivity index (χ4n) is 3.06. The van der Waals surface area contributed by atoms with Crippen LogP contribution < -0.4 is 0 Å². The van der Waals surface area contributed by atoms with E-state index in [-0.39, 0.29) is 24.4 Å². The highest BCUT2D eigenvalue weighted by molar-refractivity contribution is 6.78. The van der Waals surface area contributed by atoms with Crippen LogP contribution in [0.25, 0.3) is 0 Å². The molecule has 1 aliphatic rings. The largest absolute Gasteiger partial charge is 0.485 e. The predicted octanol–water partition coefficient (Wildman–Crippen LogP) is 5.00. The van der Waals surface area contributed by atoms with E-state index in [0.717, 1.165) is 18.2 Å². The van der Waals surface area contributed by atoms with Crippen molar-refractivity contribution in [2.24, 2.45) is 0 Å². The SMILES string of the molecule is CC(C)OB(OC(C)C)C(B(OC(C)C)OC(C)C)=C1CCCCC1. The Morgan fingerprint density at radius 2 is 0.920 bits per heavy atom. The highest BCUT2D eigenvalue weighted by Gasteiger charge is 2.41. The third-order valence-electron chi connectivity index (χ3n) is 3.96. The lowest BCUT2D eigenvalue weighted by Gasteiger charge is -2.30. The first kappa shape index (κ1) is 22.8. The van der Waals surface area contributed by atoms with Gasteiger partial charge in [-0.05, 0) is 86.4 Å². The first-order chi connectivity index (χ1) is 11.7. The van der Waals surface area contributed by atoms with Crippen molar-refractivity contribution >= 4 is 14.2 Å². The minimum absolute atomic E-state index is 0.0710. The molecule has 0 heterocycles. The maximum Gasteiger partial charge on any atom is 0.485 e. The lowest BCUT2D eigenvalue weighted by molar-refractivity contribution is 0.123. The molecular formula is C19H38B2O4. The second kappa shape index (κ2) is 11.4. The van der Waals surface area contributed by atoms with Gasteiger partial charge in [0, 0.05) is 24.4 Å². The monoisotopic (exact) mass is 352 g/mol. The Labute approximate surface area is 156 Å². The molecule has 1 aliphatic carbocycles. The second-order valence-corrected chi connectivity index (χ2v) is 8.02. The molecule has 1 fully saturated rings. The summed E-state index contributed by atoms with van der Waals surface area (Å²) in [6.45, 7) is 16.3. The quantitative estimate of drug-likeness (QED) is 0.519. The van der Waals surface area contributed by atoms with Crippen molar-refractivity contribution < 1.29 is 18.6 Å². The average molecular weight is 352 g/mol. The summed E-state index contributed by atoms with van der Waals surface area (Å²) in [5.74, 6) is 0. The van der Waals surface area contributed by atoms with Crippen LogP contribution in [0.1, 0.15) is 87.5 Å². The van der Waals surface area contributed by atoms with Crippen LogP contribution in [0.5, 0.6) is 0 Å². The van der Waals surface area contributed by atoms with E-state index in [1.165, 1.54) is 24.8 Å². The number of hydrogen-bond acceptors (Lipinski definition) is 4. The highest BCUT2D eigenvalue weighted by atomic mass is 16.6. The molecule has 0 aliphatic heterocycles. The summed E-state index contributed by atoms with van der Waals surface area (Å²) >= 11 is 0. The molecule has 0 aromatic heterocycles. The topological polar surface area (TPSA) is 36.9 Å². The standard InChI is InChI=1S/C19H38B2O4/c1-14(2)22-20(23-15(3)4)19(18-12-10-9-11-13-18)21(24-16(5)6)25-17(7)8/h14-17H,9-13H2,1-8H3. The lowest BCUT2D eigenvalue weighted by Crippen LogP contribution is -2.44. The summed E-state index contributed by atoms with van der Waals surface area (Å²) in [7, 11) is -0.841. The number of hydrogen-bond donors (Lipinski definition) is 0. The summed E-state index contributed by atoms with van der Waals surface area (Å²) in [5.41, 5.74) is 1.39. The Hall–Kier alpha value is -0.290. The van der Waals surface area contributed by atoms with Gasteiger partial charge in [0.1, 0.15) is 0 Å². The van der Waals surface area contributed by atoms with Crippen LogP contribution in [0.3, 0.4) is 0 Å². The summed E-state index contributed by atoms with van der Waals surface area (Å²) in [6.07, 6.45) is 6.16. The molecule has 0 aromatic rings. The van der Waals surface area contributed by atoms with E-state index in [9.17, 15) is 0 Å². The number of allylic oxidation sites excluding steroid dienone is 1. The van der Waals surface area contributed by atoms with Crippen LogP contribution in [0, 0.1) is 0 Å². The highest BCUT2D eigenvalue weighted by Crippen LogP contribution is 2.30. The summed E-state index contributed by atoms with van der Waals surface area (Å²) < 4.78 is 24.7. The molecule has 4 nitrogen and oxygen atoms in total. The molecule has 0 atom stereocenters. The molecule has 0 N–H and O–H groups in total. The van der Waals surface area contributed by atoms with Gasteiger partial charge < -0.3 is 18.6 Å². The van der Waals surface area contributed by atoms with Crippen molar-refractivity contribution in [3.8, 4) is 0 Å². The van der Waals surface area contributed by atoms with Crippen molar-refractivity contribution in [1.29, 1.82) is 0 Å². The number of rotatable bonds is 10. The average Bonchev–Trinajstić information content (AvgIpc) is 2.45. The van der Waals surface area contributed by atoms with Gasteiger partial charge in [0.25, 0.3) is 0 Å². The van der Waals surface area contributed by atoms with Crippen LogP contribution >= 0.6 is 0 Å². The van der Waals surface area contributed by atoms with Crippen molar-refractivity contribution in [2.75, 3.05) is 0 Å². The third-order valence-corrected chi connectivity index (χ3v) is 3.96. The summed E-state index contributed by atoms with van der Waals surface area (Å²) in [4.78, 5) is 0. The summed E-state index contributed by atoms with van der Waals surface area (Å²) in [5, 5.41) is 1.06. The van der Waals surface area contributed by atoms with Gasteiger partial charge >= 0.3 is 14.2 Å². The van der Waals surface area contributed by atoms with Crippen LogP contribution in [0.2, 0.25) is 0 Å². The van der Waals surface area contributed by atoms with Crippen molar-refractivity contribution in [1.82, 2.24) is 0 Å². The zero-order valence-corrected chi connectivity index (χ0v) is 17.6. The minimum atomic E-state index is -0.421. The molecule has 1 saturated carbocycles. The maximum absolute atomic E-state index is 6.18. The van der Waals surface area contributed by atoms with Crippen molar-refractivity contribution in [3.05, 3.63) is 10.9 Å². The maximum atomic E-state index is 6.18. The second-order valence-electron chi connectivity index (χ2n) is 8.02. The molecule has 144 valence electrons. The molecule has 1 rings (SSSR count). The Balaban J connectivity index is 3.26. The Kier molecular flexibility index (Phi) is 10.4. The van der Waals surface area contributed by atoms with E-state index in [1.54, 1.807) is 0 Å². The van der Waals surface area contributed by atoms with Gasteiger partial charge in [-0.25, -0.2) is 0 Å². The van der Waals surface area contributed by atoms with Gasteiger partial charge in [0.15, 0.2) is 0 Å². The van der Waals surface area contributed by atoms with Gasteiger partial charge in [-0.3, -0.25) is 0 Å². The third kappa shape index (κ3) is 8.76. The molecule has 25 heavy (non-hydrogen) atoms. The van der Waals surface area contributed by atoms with Crippen LogP contribution in [0.4, 0.5) is 0 Å². The zero-order valence-electron chi connectivity index (χ0n) is 17.6. The van der Waals surface area contributed by atoms with E-state index in [1.807, 2.05) is 55.4 Å². The molecule has 0 radical (unpaired) electrons. The van der Waals surface area contributed by atoms with Gasteiger partial charge in [0.2, 0.25) is 0 Å². The normalized spacial score (nSPS) is 15.6. The van der Waals surface area contributed by atoms with E-state index >= 15 is 0 Å². The molecule has 0 saturated heterocycles. The molecular weight excluding hydrogens is 314 g/mol. The summed E-state index contributed by atoms with van der Waals surface area (Å²) in [6, 6.07) is 0. The van der Waals surface area contributed by atoms with E-state index in [0.29, 0.717) is 0 Å².